The Labute approximate surface area is 251 Å². The molecule has 0 aromatic heterocycles. The van der Waals surface area contributed by atoms with Gasteiger partial charge in [-0.25, -0.2) is 4.79 Å². The van der Waals surface area contributed by atoms with E-state index in [1.165, 1.54) is 21.3 Å². The van der Waals surface area contributed by atoms with Gasteiger partial charge in [-0.05, 0) is 67.1 Å². The maximum Gasteiger partial charge on any atom is 0.326 e. The highest BCUT2D eigenvalue weighted by Gasteiger charge is 2.19. The van der Waals surface area contributed by atoms with Crippen LogP contribution in [0.4, 0.5) is 16.2 Å². The van der Waals surface area contributed by atoms with Gasteiger partial charge in [0.1, 0.15) is 17.2 Å². The van der Waals surface area contributed by atoms with Crippen LogP contribution in [0.25, 0.3) is 0 Å². The molecule has 224 valence electrons. The monoisotopic (exact) mass is 585 g/mol. The number of ether oxygens (including phenoxy) is 5. The summed E-state index contributed by atoms with van der Waals surface area (Å²) >= 11 is 0. The Hall–Kier alpha value is -5.38. The Morgan fingerprint density at radius 1 is 0.698 bits per heavy atom. The molecule has 0 atom stereocenters. The molecule has 4 aromatic carbocycles. The molecule has 2 N–H and O–H groups in total. The molecular formula is C33H35N3O7. The molecule has 0 radical (unpaired) electrons. The second-order valence-corrected chi connectivity index (χ2v) is 9.21. The lowest BCUT2D eigenvalue weighted by atomic mass is 10.1. The topological polar surface area (TPSA) is 108 Å². The lowest BCUT2D eigenvalue weighted by Gasteiger charge is -2.24. The van der Waals surface area contributed by atoms with Gasteiger partial charge in [-0.2, -0.15) is 0 Å². The highest BCUT2D eigenvalue weighted by atomic mass is 16.5. The molecule has 0 aliphatic carbocycles. The van der Waals surface area contributed by atoms with Crippen molar-refractivity contribution < 1.29 is 33.3 Å². The quantitative estimate of drug-likeness (QED) is 0.176. The third-order valence-electron chi connectivity index (χ3n) is 6.49. The molecule has 0 saturated carbocycles. The number of hydrogen-bond acceptors (Lipinski definition) is 7. The van der Waals surface area contributed by atoms with Gasteiger partial charge in [0, 0.05) is 24.3 Å². The van der Waals surface area contributed by atoms with Crippen LogP contribution in [-0.4, -0.2) is 53.5 Å². The number of para-hydroxylation sites is 3. The van der Waals surface area contributed by atoms with Crippen molar-refractivity contribution >= 4 is 23.3 Å². The maximum absolute atomic E-state index is 13.5. The van der Waals surface area contributed by atoms with Crippen LogP contribution in [0.1, 0.15) is 16.8 Å². The molecule has 0 bridgehead atoms. The van der Waals surface area contributed by atoms with Crippen molar-refractivity contribution in [2.24, 2.45) is 0 Å². The van der Waals surface area contributed by atoms with E-state index in [0.717, 1.165) is 0 Å². The zero-order valence-corrected chi connectivity index (χ0v) is 24.6. The van der Waals surface area contributed by atoms with E-state index in [0.29, 0.717) is 70.9 Å². The van der Waals surface area contributed by atoms with Gasteiger partial charge in [0.05, 0.1) is 34.1 Å². The maximum atomic E-state index is 13.5. The van der Waals surface area contributed by atoms with Gasteiger partial charge in [-0.15, -0.1) is 0 Å². The first-order valence-corrected chi connectivity index (χ1v) is 13.6. The second kappa shape index (κ2) is 15.0. The number of rotatable bonds is 13. The lowest BCUT2D eigenvalue weighted by molar-refractivity contribution is 0.0952. The average Bonchev–Trinajstić information content (AvgIpc) is 3.05. The zero-order chi connectivity index (χ0) is 30.6. The number of carbonyl (C=O) groups is 2. The number of urea groups is 1. The molecule has 4 rings (SSSR count). The summed E-state index contributed by atoms with van der Waals surface area (Å²) < 4.78 is 27.3. The van der Waals surface area contributed by atoms with Crippen molar-refractivity contribution in [2.45, 2.75) is 6.42 Å². The molecule has 10 heteroatoms. The highest BCUT2D eigenvalue weighted by Crippen LogP contribution is 2.38. The molecule has 10 nitrogen and oxygen atoms in total. The van der Waals surface area contributed by atoms with Crippen LogP contribution in [0.15, 0.2) is 91.0 Å². The zero-order valence-electron chi connectivity index (χ0n) is 24.6. The van der Waals surface area contributed by atoms with Gasteiger partial charge in [0.25, 0.3) is 5.91 Å². The molecule has 0 spiro atoms. The number of benzene rings is 4. The average molecular weight is 586 g/mol. The predicted molar refractivity (Wildman–Crippen MR) is 165 cm³/mol. The Morgan fingerprint density at radius 3 is 1.93 bits per heavy atom. The minimum Gasteiger partial charge on any atom is -0.495 e. The summed E-state index contributed by atoms with van der Waals surface area (Å²) in [5.41, 5.74) is 1.55. The van der Waals surface area contributed by atoms with Crippen LogP contribution in [-0.2, 0) is 0 Å². The first kappa shape index (κ1) is 30.6. The van der Waals surface area contributed by atoms with E-state index in [1.807, 2.05) is 54.6 Å². The van der Waals surface area contributed by atoms with Crippen molar-refractivity contribution in [2.75, 3.05) is 51.7 Å². The second-order valence-electron chi connectivity index (χ2n) is 9.21. The number of nitrogens with zero attached hydrogens (tertiary/aromatic N) is 1. The molecule has 0 saturated heterocycles. The third kappa shape index (κ3) is 7.88. The first-order chi connectivity index (χ1) is 21.0. The van der Waals surface area contributed by atoms with Crippen LogP contribution in [0, 0.1) is 0 Å². The van der Waals surface area contributed by atoms with Crippen molar-refractivity contribution in [3.05, 3.63) is 96.6 Å². The fraction of sp³-hybridized carbons (Fsp3) is 0.212. The van der Waals surface area contributed by atoms with Gasteiger partial charge >= 0.3 is 6.03 Å². The van der Waals surface area contributed by atoms with Crippen LogP contribution < -0.4 is 39.2 Å². The minimum atomic E-state index is -0.350. The summed E-state index contributed by atoms with van der Waals surface area (Å²) in [7, 11) is 6.03. The summed E-state index contributed by atoms with van der Waals surface area (Å²) in [4.78, 5) is 28.1. The standard InChI is InChI=1S/C33H35N3O7/c1-39-28-14-9-8-13-27(28)35-33(38)36(24-15-17-26(18-16-24)43-25-11-6-5-7-12-25)20-10-19-34-32(37)23-21-29(40-2)31(42-4)30(22-23)41-3/h5-9,11-18,21-22H,10,19-20H2,1-4H3,(H,34,37)(H,35,38). The predicted octanol–water partition coefficient (Wildman–Crippen LogP) is 6.37. The molecule has 4 aromatic rings. The van der Waals surface area contributed by atoms with Crippen molar-refractivity contribution in [3.8, 4) is 34.5 Å². The van der Waals surface area contributed by atoms with Crippen molar-refractivity contribution in [3.63, 3.8) is 0 Å². The normalized spacial score (nSPS) is 10.3. The SMILES string of the molecule is COc1ccccc1NC(=O)N(CCCNC(=O)c1cc(OC)c(OC)c(OC)c1)c1ccc(Oc2ccccc2)cc1. The molecule has 43 heavy (non-hydrogen) atoms. The molecular weight excluding hydrogens is 550 g/mol. The number of anilines is 2. The van der Waals surface area contributed by atoms with E-state index < -0.39 is 0 Å². The molecule has 0 aliphatic heterocycles. The van der Waals surface area contributed by atoms with E-state index in [2.05, 4.69) is 10.6 Å². The van der Waals surface area contributed by atoms with Gasteiger partial charge in [-0.3, -0.25) is 9.69 Å². The van der Waals surface area contributed by atoms with E-state index in [9.17, 15) is 9.59 Å². The smallest absolute Gasteiger partial charge is 0.326 e. The van der Waals surface area contributed by atoms with Crippen LogP contribution in [0.5, 0.6) is 34.5 Å². The number of carbonyl (C=O) groups excluding carboxylic acids is 2. The Balaban J connectivity index is 1.46. The Kier molecular flexibility index (Phi) is 10.7. The highest BCUT2D eigenvalue weighted by molar-refractivity contribution is 6.02. The van der Waals surface area contributed by atoms with Crippen LogP contribution >= 0.6 is 0 Å². The number of hydrogen-bond donors (Lipinski definition) is 2. The summed E-state index contributed by atoms with van der Waals surface area (Å²) in [6.07, 6.45) is 0.470. The van der Waals surface area contributed by atoms with E-state index >= 15 is 0 Å². The number of methoxy groups -OCH3 is 4. The lowest BCUT2D eigenvalue weighted by Crippen LogP contribution is -2.37. The summed E-state index contributed by atoms with van der Waals surface area (Å²) in [5, 5.41) is 5.83. The molecule has 3 amide bonds. The van der Waals surface area contributed by atoms with Gasteiger partial charge < -0.3 is 34.3 Å². The number of nitrogens with one attached hydrogen (secondary N) is 2. The van der Waals surface area contributed by atoms with Crippen molar-refractivity contribution in [1.82, 2.24) is 5.32 Å². The fourth-order valence-electron chi connectivity index (χ4n) is 4.35. The van der Waals surface area contributed by atoms with E-state index in [1.54, 1.807) is 48.4 Å². The largest absolute Gasteiger partial charge is 0.495 e. The Bertz CT molecular complexity index is 1490. The molecule has 0 aliphatic rings. The van der Waals surface area contributed by atoms with Gasteiger partial charge in [-0.1, -0.05) is 30.3 Å². The summed E-state index contributed by atoms with van der Waals surface area (Å²) in [6, 6.07) is 26.7. The molecule has 0 heterocycles. The van der Waals surface area contributed by atoms with Gasteiger partial charge in [0.15, 0.2) is 11.5 Å². The van der Waals surface area contributed by atoms with E-state index in [4.69, 9.17) is 23.7 Å². The van der Waals surface area contributed by atoms with Crippen LogP contribution in [0.3, 0.4) is 0 Å². The van der Waals surface area contributed by atoms with Gasteiger partial charge in [0.2, 0.25) is 5.75 Å². The van der Waals surface area contributed by atoms with E-state index in [-0.39, 0.29) is 11.9 Å². The summed E-state index contributed by atoms with van der Waals surface area (Å²) in [6.45, 7) is 0.624. The van der Waals surface area contributed by atoms with Crippen molar-refractivity contribution in [1.29, 1.82) is 0 Å². The molecule has 0 fully saturated rings. The number of amides is 3. The minimum absolute atomic E-state index is 0.309. The molecule has 0 unspecified atom stereocenters. The fourth-order valence-corrected chi connectivity index (χ4v) is 4.35. The van der Waals surface area contributed by atoms with Crippen LogP contribution in [0.2, 0.25) is 0 Å². The summed E-state index contributed by atoms with van der Waals surface area (Å²) in [5.74, 6) is 2.74. The first-order valence-electron chi connectivity index (χ1n) is 13.6. The third-order valence-corrected chi connectivity index (χ3v) is 6.49. The Morgan fingerprint density at radius 2 is 1.30 bits per heavy atom.